The molecule has 104 valence electrons. The summed E-state index contributed by atoms with van der Waals surface area (Å²) in [7, 11) is 0. The minimum absolute atomic E-state index is 0.0581. The molecule has 0 aliphatic rings. The molecule has 0 spiro atoms. The Balaban J connectivity index is 2.38. The monoisotopic (exact) mass is 273 g/mol. The molecule has 3 N–H and O–H groups in total. The SMILES string of the molecule is N#CCc1cc(NCCOCC(F)(F)F)ccc1N. The molecule has 1 aromatic carbocycles. The molecule has 0 radical (unpaired) electrons. The van der Waals surface area contributed by atoms with Crippen molar-refractivity contribution in [3.8, 4) is 6.07 Å². The van der Waals surface area contributed by atoms with Gasteiger partial charge in [-0.05, 0) is 23.8 Å². The summed E-state index contributed by atoms with van der Waals surface area (Å²) in [4.78, 5) is 0. The topological polar surface area (TPSA) is 71.1 Å². The summed E-state index contributed by atoms with van der Waals surface area (Å²) in [5.74, 6) is 0. The van der Waals surface area contributed by atoms with Crippen LogP contribution in [0.3, 0.4) is 0 Å². The first-order valence-corrected chi connectivity index (χ1v) is 5.56. The van der Waals surface area contributed by atoms with Crippen molar-refractivity contribution in [1.82, 2.24) is 0 Å². The lowest BCUT2D eigenvalue weighted by Gasteiger charge is -2.10. The van der Waals surface area contributed by atoms with Gasteiger partial charge in [0.1, 0.15) is 6.61 Å². The largest absolute Gasteiger partial charge is 0.411 e. The average Bonchev–Trinajstić information content (AvgIpc) is 2.31. The van der Waals surface area contributed by atoms with Crippen molar-refractivity contribution in [2.24, 2.45) is 0 Å². The quantitative estimate of drug-likeness (QED) is 0.616. The maximum absolute atomic E-state index is 11.8. The van der Waals surface area contributed by atoms with Crippen LogP contribution >= 0.6 is 0 Å². The van der Waals surface area contributed by atoms with E-state index in [1.165, 1.54) is 0 Å². The molecule has 4 nitrogen and oxygen atoms in total. The van der Waals surface area contributed by atoms with Crippen LogP contribution in [0.15, 0.2) is 18.2 Å². The lowest BCUT2D eigenvalue weighted by atomic mass is 10.1. The van der Waals surface area contributed by atoms with E-state index < -0.39 is 12.8 Å². The van der Waals surface area contributed by atoms with Crippen LogP contribution in [0.1, 0.15) is 5.56 Å². The highest BCUT2D eigenvalue weighted by molar-refractivity contribution is 5.57. The highest BCUT2D eigenvalue weighted by Crippen LogP contribution is 2.18. The Morgan fingerprint density at radius 1 is 1.37 bits per heavy atom. The molecule has 0 amide bonds. The molecule has 0 aliphatic heterocycles. The van der Waals surface area contributed by atoms with Crippen LogP contribution in [-0.2, 0) is 11.2 Å². The lowest BCUT2D eigenvalue weighted by molar-refractivity contribution is -0.172. The number of nitriles is 1. The number of nitrogens with zero attached hydrogens (tertiary/aromatic N) is 1. The fourth-order valence-corrected chi connectivity index (χ4v) is 1.41. The molecule has 0 bridgehead atoms. The predicted octanol–water partition coefficient (Wildman–Crippen LogP) is 2.33. The van der Waals surface area contributed by atoms with Gasteiger partial charge in [0.15, 0.2) is 0 Å². The van der Waals surface area contributed by atoms with Crippen molar-refractivity contribution < 1.29 is 17.9 Å². The highest BCUT2D eigenvalue weighted by atomic mass is 19.4. The van der Waals surface area contributed by atoms with Gasteiger partial charge in [0.05, 0.1) is 19.1 Å². The van der Waals surface area contributed by atoms with E-state index in [2.05, 4.69) is 10.1 Å². The van der Waals surface area contributed by atoms with Crippen LogP contribution in [0.4, 0.5) is 24.5 Å². The van der Waals surface area contributed by atoms with E-state index in [0.717, 1.165) is 0 Å². The van der Waals surface area contributed by atoms with Crippen molar-refractivity contribution in [3.05, 3.63) is 23.8 Å². The van der Waals surface area contributed by atoms with Crippen molar-refractivity contribution in [2.45, 2.75) is 12.6 Å². The first-order valence-electron chi connectivity index (χ1n) is 5.56. The average molecular weight is 273 g/mol. The van der Waals surface area contributed by atoms with Crippen molar-refractivity contribution in [1.29, 1.82) is 5.26 Å². The Hall–Kier alpha value is -1.94. The number of nitrogen functional groups attached to an aromatic ring is 1. The van der Waals surface area contributed by atoms with Crippen LogP contribution in [0, 0.1) is 11.3 Å². The maximum atomic E-state index is 11.8. The van der Waals surface area contributed by atoms with Crippen molar-refractivity contribution in [2.75, 3.05) is 30.8 Å². The molecular weight excluding hydrogens is 259 g/mol. The van der Waals surface area contributed by atoms with Crippen LogP contribution in [-0.4, -0.2) is 25.9 Å². The fourth-order valence-electron chi connectivity index (χ4n) is 1.41. The summed E-state index contributed by atoms with van der Waals surface area (Å²) in [6.07, 6.45) is -4.12. The highest BCUT2D eigenvalue weighted by Gasteiger charge is 2.27. The molecule has 0 atom stereocenters. The molecule has 0 saturated carbocycles. The Kier molecular flexibility index (Phi) is 5.45. The number of hydrogen-bond donors (Lipinski definition) is 2. The standard InChI is InChI=1S/C12H14F3N3O/c13-12(14,15)8-19-6-5-18-10-1-2-11(17)9(7-10)3-4-16/h1-2,7,18H,3,5-6,8,17H2. The van der Waals surface area contributed by atoms with Crippen LogP contribution in [0.2, 0.25) is 0 Å². The Labute approximate surface area is 109 Å². The second-order valence-electron chi connectivity index (χ2n) is 3.84. The van der Waals surface area contributed by atoms with Gasteiger partial charge in [-0.3, -0.25) is 0 Å². The van der Waals surface area contributed by atoms with Gasteiger partial charge in [0.2, 0.25) is 0 Å². The molecule has 1 rings (SSSR count). The number of alkyl halides is 3. The number of nitrogens with two attached hydrogens (primary N) is 1. The summed E-state index contributed by atoms with van der Waals surface area (Å²) < 4.78 is 39.9. The number of ether oxygens (including phenoxy) is 1. The molecular formula is C12H14F3N3O. The van der Waals surface area contributed by atoms with Gasteiger partial charge in [0.25, 0.3) is 0 Å². The minimum atomic E-state index is -4.30. The molecule has 0 saturated heterocycles. The Morgan fingerprint density at radius 2 is 2.11 bits per heavy atom. The molecule has 1 aromatic rings. The van der Waals surface area contributed by atoms with E-state index in [9.17, 15) is 13.2 Å². The zero-order valence-electron chi connectivity index (χ0n) is 10.1. The van der Waals surface area contributed by atoms with E-state index in [-0.39, 0.29) is 19.6 Å². The van der Waals surface area contributed by atoms with Gasteiger partial charge < -0.3 is 15.8 Å². The minimum Gasteiger partial charge on any atom is -0.398 e. The van der Waals surface area contributed by atoms with Gasteiger partial charge in [-0.25, -0.2) is 0 Å². The molecule has 0 fully saturated rings. The molecule has 0 heterocycles. The molecule has 0 aliphatic carbocycles. The second kappa shape index (κ2) is 6.85. The molecule has 0 unspecified atom stereocenters. The third kappa shape index (κ3) is 5.97. The Bertz CT molecular complexity index is 455. The van der Waals surface area contributed by atoms with Gasteiger partial charge in [0, 0.05) is 17.9 Å². The summed E-state index contributed by atoms with van der Waals surface area (Å²) in [5.41, 5.74) is 7.56. The van der Waals surface area contributed by atoms with E-state index >= 15 is 0 Å². The van der Waals surface area contributed by atoms with Gasteiger partial charge in [-0.2, -0.15) is 18.4 Å². The third-order valence-electron chi connectivity index (χ3n) is 2.25. The molecule has 19 heavy (non-hydrogen) atoms. The van der Waals surface area contributed by atoms with E-state index in [1.807, 2.05) is 6.07 Å². The maximum Gasteiger partial charge on any atom is 0.411 e. The number of halogens is 3. The number of hydrogen-bond acceptors (Lipinski definition) is 4. The normalized spacial score (nSPS) is 11.1. The summed E-state index contributed by atoms with van der Waals surface area (Å²) in [6, 6.07) is 7.02. The van der Waals surface area contributed by atoms with E-state index in [4.69, 9.17) is 11.0 Å². The number of anilines is 2. The fraction of sp³-hybridized carbons (Fsp3) is 0.417. The van der Waals surface area contributed by atoms with Gasteiger partial charge in [-0.1, -0.05) is 0 Å². The van der Waals surface area contributed by atoms with E-state index in [0.29, 0.717) is 16.9 Å². The smallest absolute Gasteiger partial charge is 0.398 e. The molecule has 7 heteroatoms. The summed E-state index contributed by atoms with van der Waals surface area (Å²) in [5, 5.41) is 11.5. The summed E-state index contributed by atoms with van der Waals surface area (Å²) >= 11 is 0. The van der Waals surface area contributed by atoms with Crippen LogP contribution in [0.5, 0.6) is 0 Å². The lowest BCUT2D eigenvalue weighted by Crippen LogP contribution is -2.20. The third-order valence-corrected chi connectivity index (χ3v) is 2.25. The van der Waals surface area contributed by atoms with Crippen LogP contribution in [0.25, 0.3) is 0 Å². The number of rotatable bonds is 6. The zero-order valence-corrected chi connectivity index (χ0v) is 10.1. The second-order valence-corrected chi connectivity index (χ2v) is 3.84. The zero-order chi connectivity index (χ0) is 14.3. The van der Waals surface area contributed by atoms with E-state index in [1.54, 1.807) is 18.2 Å². The molecule has 0 aromatic heterocycles. The number of nitrogens with one attached hydrogen (secondary N) is 1. The van der Waals surface area contributed by atoms with Gasteiger partial charge >= 0.3 is 6.18 Å². The first kappa shape index (κ1) is 15.1. The van der Waals surface area contributed by atoms with Gasteiger partial charge in [-0.15, -0.1) is 0 Å². The summed E-state index contributed by atoms with van der Waals surface area (Å²) in [6.45, 7) is -1.07. The predicted molar refractivity (Wildman–Crippen MR) is 65.5 cm³/mol. The first-order chi connectivity index (χ1) is 8.92. The van der Waals surface area contributed by atoms with Crippen LogP contribution < -0.4 is 11.1 Å². The Morgan fingerprint density at radius 3 is 2.74 bits per heavy atom. The van der Waals surface area contributed by atoms with Crippen molar-refractivity contribution in [3.63, 3.8) is 0 Å². The number of benzene rings is 1. The van der Waals surface area contributed by atoms with Crippen molar-refractivity contribution >= 4 is 11.4 Å².